The van der Waals surface area contributed by atoms with Crippen molar-refractivity contribution in [2.75, 3.05) is 6.61 Å². The molecule has 1 aliphatic rings. The van der Waals surface area contributed by atoms with Crippen LogP contribution in [0, 0.1) is 0 Å². The monoisotopic (exact) mass is 336 g/mol. The lowest BCUT2D eigenvalue weighted by atomic mass is 10.0. The van der Waals surface area contributed by atoms with Crippen LogP contribution in [0.1, 0.15) is 30.0 Å². The molecule has 1 aromatic heterocycles. The number of rotatable bonds is 3. The van der Waals surface area contributed by atoms with Crippen LogP contribution in [-0.2, 0) is 4.79 Å². The second-order valence-electron chi connectivity index (χ2n) is 5.16. The predicted octanol–water partition coefficient (Wildman–Crippen LogP) is 3.74. The lowest BCUT2D eigenvalue weighted by Gasteiger charge is -2.18. The maximum atomic E-state index is 12.5. The Labute approximate surface area is 138 Å². The standard InChI is InChI=1S/C16H14Cl2N2O2/c1-9(11-5-4-10(17)7-14(11)18)20-15(21)13-8-22-16-12(13)3-2-6-19-16/h2-7,9,13H,8H2,1H3,(H,20,21)/t9-,13?/m1/s1. The summed E-state index contributed by atoms with van der Waals surface area (Å²) in [6.07, 6.45) is 1.65. The number of benzene rings is 1. The third-order valence-corrected chi connectivity index (χ3v) is 4.23. The van der Waals surface area contributed by atoms with Crippen LogP contribution in [-0.4, -0.2) is 17.5 Å². The van der Waals surface area contributed by atoms with Gasteiger partial charge in [0.1, 0.15) is 12.5 Å². The lowest BCUT2D eigenvalue weighted by molar-refractivity contribution is -0.123. The number of pyridine rings is 1. The van der Waals surface area contributed by atoms with Gasteiger partial charge in [-0.3, -0.25) is 4.79 Å². The topological polar surface area (TPSA) is 51.2 Å². The summed E-state index contributed by atoms with van der Waals surface area (Å²) in [5, 5.41) is 4.06. The van der Waals surface area contributed by atoms with Gasteiger partial charge in [-0.2, -0.15) is 0 Å². The molecule has 0 saturated carbocycles. The Morgan fingerprint density at radius 1 is 1.41 bits per heavy atom. The molecule has 6 heteroatoms. The van der Waals surface area contributed by atoms with E-state index in [1.807, 2.05) is 19.1 Å². The smallest absolute Gasteiger partial charge is 0.231 e. The van der Waals surface area contributed by atoms with Crippen LogP contribution < -0.4 is 10.1 Å². The normalized spacial score (nSPS) is 17.5. The van der Waals surface area contributed by atoms with Gasteiger partial charge in [-0.1, -0.05) is 35.3 Å². The third kappa shape index (κ3) is 2.89. The minimum atomic E-state index is -0.350. The second kappa shape index (κ2) is 6.15. The van der Waals surface area contributed by atoms with Gasteiger partial charge in [-0.15, -0.1) is 0 Å². The third-order valence-electron chi connectivity index (χ3n) is 3.67. The van der Waals surface area contributed by atoms with Crippen molar-refractivity contribution < 1.29 is 9.53 Å². The number of fused-ring (bicyclic) bond motifs is 1. The lowest BCUT2D eigenvalue weighted by Crippen LogP contribution is -2.32. The average Bonchev–Trinajstić information content (AvgIpc) is 2.91. The minimum Gasteiger partial charge on any atom is -0.476 e. The van der Waals surface area contributed by atoms with Crippen LogP contribution in [0.5, 0.6) is 5.88 Å². The van der Waals surface area contributed by atoms with Crippen molar-refractivity contribution in [1.29, 1.82) is 0 Å². The summed E-state index contributed by atoms with van der Waals surface area (Å²) in [5.74, 6) is 0.0716. The van der Waals surface area contributed by atoms with Crippen LogP contribution in [0.25, 0.3) is 0 Å². The highest BCUT2D eigenvalue weighted by Crippen LogP contribution is 2.32. The van der Waals surface area contributed by atoms with Crippen LogP contribution in [0.2, 0.25) is 10.0 Å². The van der Waals surface area contributed by atoms with Crippen molar-refractivity contribution in [2.45, 2.75) is 18.9 Å². The van der Waals surface area contributed by atoms with E-state index in [0.717, 1.165) is 11.1 Å². The first-order valence-electron chi connectivity index (χ1n) is 6.89. The molecule has 0 aliphatic carbocycles. The minimum absolute atomic E-state index is 0.106. The van der Waals surface area contributed by atoms with Crippen molar-refractivity contribution in [3.8, 4) is 5.88 Å². The number of hydrogen-bond acceptors (Lipinski definition) is 3. The van der Waals surface area contributed by atoms with Crippen LogP contribution in [0.3, 0.4) is 0 Å². The highest BCUT2D eigenvalue weighted by atomic mass is 35.5. The number of ether oxygens (including phenoxy) is 1. The molecule has 22 heavy (non-hydrogen) atoms. The first kappa shape index (κ1) is 15.1. The molecule has 1 unspecified atom stereocenters. The molecule has 0 saturated heterocycles. The van der Waals surface area contributed by atoms with E-state index >= 15 is 0 Å². The van der Waals surface area contributed by atoms with Gasteiger partial charge in [-0.05, 0) is 30.7 Å². The van der Waals surface area contributed by atoms with Crippen molar-refractivity contribution in [3.63, 3.8) is 0 Å². The quantitative estimate of drug-likeness (QED) is 0.928. The Hall–Kier alpha value is -1.78. The SMILES string of the molecule is C[C@@H](NC(=O)C1COc2ncccc21)c1ccc(Cl)cc1Cl. The van der Waals surface area contributed by atoms with Crippen LogP contribution in [0.4, 0.5) is 0 Å². The highest BCUT2D eigenvalue weighted by molar-refractivity contribution is 6.35. The fourth-order valence-electron chi connectivity index (χ4n) is 2.50. The molecule has 3 rings (SSSR count). The van der Waals surface area contributed by atoms with E-state index < -0.39 is 0 Å². The summed E-state index contributed by atoms with van der Waals surface area (Å²) in [7, 11) is 0. The van der Waals surface area contributed by atoms with E-state index in [0.29, 0.717) is 22.5 Å². The van der Waals surface area contributed by atoms with E-state index in [9.17, 15) is 4.79 Å². The van der Waals surface area contributed by atoms with E-state index in [1.165, 1.54) is 0 Å². The Kier molecular flexibility index (Phi) is 4.23. The summed E-state index contributed by atoms with van der Waals surface area (Å²) >= 11 is 12.1. The highest BCUT2D eigenvalue weighted by Gasteiger charge is 2.32. The van der Waals surface area contributed by atoms with Crippen LogP contribution >= 0.6 is 23.2 Å². The van der Waals surface area contributed by atoms with E-state index in [4.69, 9.17) is 27.9 Å². The van der Waals surface area contributed by atoms with Gasteiger partial charge in [0.05, 0.1) is 6.04 Å². The molecule has 0 spiro atoms. The van der Waals surface area contributed by atoms with Gasteiger partial charge < -0.3 is 10.1 Å². The second-order valence-corrected chi connectivity index (χ2v) is 6.00. The Balaban J connectivity index is 1.75. The zero-order valence-corrected chi connectivity index (χ0v) is 13.4. The summed E-state index contributed by atoms with van der Waals surface area (Å²) in [4.78, 5) is 16.6. The van der Waals surface area contributed by atoms with E-state index in [-0.39, 0.29) is 17.9 Å². The van der Waals surface area contributed by atoms with Gasteiger partial charge in [-0.25, -0.2) is 4.98 Å². The van der Waals surface area contributed by atoms with Gasteiger partial charge >= 0.3 is 0 Å². The zero-order chi connectivity index (χ0) is 15.7. The van der Waals surface area contributed by atoms with E-state index in [2.05, 4.69) is 10.3 Å². The molecule has 1 aromatic carbocycles. The van der Waals surface area contributed by atoms with Crippen molar-refractivity contribution in [2.24, 2.45) is 0 Å². The zero-order valence-electron chi connectivity index (χ0n) is 11.8. The predicted molar refractivity (Wildman–Crippen MR) is 85.5 cm³/mol. The van der Waals surface area contributed by atoms with Crippen molar-refractivity contribution >= 4 is 29.1 Å². The van der Waals surface area contributed by atoms with Gasteiger partial charge in [0.25, 0.3) is 0 Å². The molecule has 0 bridgehead atoms. The molecule has 114 valence electrons. The molecule has 4 nitrogen and oxygen atoms in total. The van der Waals surface area contributed by atoms with Gasteiger partial charge in [0.15, 0.2) is 0 Å². The molecule has 1 aliphatic heterocycles. The fraction of sp³-hybridized carbons (Fsp3) is 0.250. The number of amides is 1. The molecule has 2 heterocycles. The van der Waals surface area contributed by atoms with Crippen molar-refractivity contribution in [3.05, 3.63) is 57.7 Å². The Morgan fingerprint density at radius 2 is 2.23 bits per heavy atom. The molecule has 0 radical (unpaired) electrons. The summed E-state index contributed by atoms with van der Waals surface area (Å²) in [6.45, 7) is 2.19. The number of aromatic nitrogens is 1. The molecule has 2 aromatic rings. The molecule has 1 amide bonds. The van der Waals surface area contributed by atoms with Gasteiger partial charge in [0.2, 0.25) is 11.8 Å². The van der Waals surface area contributed by atoms with E-state index in [1.54, 1.807) is 24.4 Å². The number of carbonyl (C=O) groups excluding carboxylic acids is 1. The number of hydrogen-bond donors (Lipinski definition) is 1. The molecule has 1 N–H and O–H groups in total. The van der Waals surface area contributed by atoms with Gasteiger partial charge in [0, 0.05) is 21.8 Å². The molecular formula is C16H14Cl2N2O2. The number of nitrogens with zero attached hydrogens (tertiary/aromatic N) is 1. The number of nitrogens with one attached hydrogen (secondary N) is 1. The fourth-order valence-corrected chi connectivity index (χ4v) is 3.07. The van der Waals surface area contributed by atoms with Crippen LogP contribution in [0.15, 0.2) is 36.5 Å². The number of halogens is 2. The molecule has 0 fully saturated rings. The molecular weight excluding hydrogens is 323 g/mol. The summed E-state index contributed by atoms with van der Waals surface area (Å²) in [5.41, 5.74) is 1.64. The Morgan fingerprint density at radius 3 is 3.00 bits per heavy atom. The largest absolute Gasteiger partial charge is 0.476 e. The first-order valence-corrected chi connectivity index (χ1v) is 7.65. The molecule has 2 atom stereocenters. The summed E-state index contributed by atoms with van der Waals surface area (Å²) in [6, 6.07) is 8.67. The number of carbonyl (C=O) groups is 1. The maximum absolute atomic E-state index is 12.5. The maximum Gasteiger partial charge on any atom is 0.231 e. The summed E-state index contributed by atoms with van der Waals surface area (Å²) < 4.78 is 5.44. The average molecular weight is 337 g/mol. The Bertz CT molecular complexity index is 721. The van der Waals surface area contributed by atoms with Crippen molar-refractivity contribution in [1.82, 2.24) is 10.3 Å². The first-order chi connectivity index (χ1) is 10.6.